The van der Waals surface area contributed by atoms with E-state index in [0.717, 1.165) is 5.69 Å². The minimum Gasteiger partial charge on any atom is -0.362 e. The molecule has 1 amide bonds. The minimum absolute atomic E-state index is 0.0335. The van der Waals surface area contributed by atoms with Gasteiger partial charge in [0.2, 0.25) is 5.91 Å². The van der Waals surface area contributed by atoms with Crippen molar-refractivity contribution in [2.45, 2.75) is 6.92 Å². The molecule has 0 aliphatic heterocycles. The maximum absolute atomic E-state index is 12.8. The number of carbonyl (C=O) groups is 1. The third-order valence-electron chi connectivity index (χ3n) is 2.40. The minimum atomic E-state index is -0.265. The third kappa shape index (κ3) is 3.22. The summed E-state index contributed by atoms with van der Waals surface area (Å²) in [6.07, 6.45) is 0. The van der Waals surface area contributed by atoms with Crippen LogP contribution in [0.5, 0.6) is 0 Å². The van der Waals surface area contributed by atoms with Gasteiger partial charge in [0.15, 0.2) is 0 Å². The zero-order chi connectivity index (χ0) is 12.1. The maximum Gasteiger partial charge on any atom is 0.241 e. The summed E-state index contributed by atoms with van der Waals surface area (Å²) in [4.78, 5) is 15.0. The van der Waals surface area contributed by atoms with E-state index in [-0.39, 0.29) is 11.7 Å². The van der Waals surface area contributed by atoms with E-state index in [1.807, 2.05) is 11.8 Å². The Labute approximate surface area is 95.5 Å². The van der Waals surface area contributed by atoms with E-state index in [1.165, 1.54) is 12.1 Å². The molecular formula is C12H17FN2O. The predicted molar refractivity (Wildman–Crippen MR) is 63.0 cm³/mol. The van der Waals surface area contributed by atoms with Crippen LogP contribution < -0.4 is 4.90 Å². The van der Waals surface area contributed by atoms with Crippen molar-refractivity contribution in [3.05, 3.63) is 30.1 Å². The number of rotatable bonds is 4. The number of halogens is 1. The number of hydrogen-bond donors (Lipinski definition) is 0. The number of amides is 1. The fourth-order valence-corrected chi connectivity index (χ4v) is 1.34. The summed E-state index contributed by atoms with van der Waals surface area (Å²) in [7, 11) is 3.45. The second-order valence-corrected chi connectivity index (χ2v) is 3.78. The first-order chi connectivity index (χ1) is 7.54. The van der Waals surface area contributed by atoms with Crippen molar-refractivity contribution < 1.29 is 9.18 Å². The molecule has 0 fully saturated rings. The molecule has 0 bridgehead atoms. The second kappa shape index (κ2) is 5.49. The van der Waals surface area contributed by atoms with Crippen LogP contribution >= 0.6 is 0 Å². The van der Waals surface area contributed by atoms with Gasteiger partial charge in [0.25, 0.3) is 0 Å². The van der Waals surface area contributed by atoms with E-state index in [0.29, 0.717) is 13.1 Å². The topological polar surface area (TPSA) is 23.6 Å². The number of hydrogen-bond acceptors (Lipinski definition) is 2. The monoisotopic (exact) mass is 224 g/mol. The molecule has 0 heterocycles. The molecule has 0 saturated carbocycles. The molecule has 1 rings (SSSR count). The van der Waals surface area contributed by atoms with Crippen LogP contribution in [0.4, 0.5) is 10.1 Å². The van der Waals surface area contributed by atoms with Gasteiger partial charge in [-0.3, -0.25) is 4.79 Å². The van der Waals surface area contributed by atoms with Crippen LogP contribution in [0.25, 0.3) is 0 Å². The predicted octanol–water partition coefficient (Wildman–Crippen LogP) is 1.74. The Morgan fingerprint density at radius 1 is 1.25 bits per heavy atom. The van der Waals surface area contributed by atoms with E-state index < -0.39 is 0 Å². The lowest BCUT2D eigenvalue weighted by Gasteiger charge is -2.24. The van der Waals surface area contributed by atoms with Crippen molar-refractivity contribution in [3.8, 4) is 0 Å². The average Bonchev–Trinajstić information content (AvgIpc) is 2.26. The number of nitrogens with zero attached hydrogens (tertiary/aromatic N) is 2. The molecule has 0 radical (unpaired) electrons. The maximum atomic E-state index is 12.8. The van der Waals surface area contributed by atoms with Gasteiger partial charge in [-0.2, -0.15) is 0 Å². The summed E-state index contributed by atoms with van der Waals surface area (Å²) in [5.41, 5.74) is 0.860. The van der Waals surface area contributed by atoms with Gasteiger partial charge in [-0.05, 0) is 31.2 Å². The molecule has 0 aromatic heterocycles. The van der Waals surface area contributed by atoms with Crippen LogP contribution in [-0.2, 0) is 4.79 Å². The molecule has 1 aromatic carbocycles. The number of anilines is 1. The molecular weight excluding hydrogens is 207 g/mol. The van der Waals surface area contributed by atoms with Crippen molar-refractivity contribution in [2.24, 2.45) is 0 Å². The Morgan fingerprint density at radius 2 is 1.81 bits per heavy atom. The van der Waals surface area contributed by atoms with Gasteiger partial charge in [-0.25, -0.2) is 4.39 Å². The molecule has 0 N–H and O–H groups in total. The molecule has 0 saturated heterocycles. The molecule has 0 atom stereocenters. The fourth-order valence-electron chi connectivity index (χ4n) is 1.34. The lowest BCUT2D eigenvalue weighted by molar-refractivity contribution is -0.127. The Kier molecular flexibility index (Phi) is 4.28. The van der Waals surface area contributed by atoms with Gasteiger partial charge < -0.3 is 9.80 Å². The molecule has 0 unspecified atom stereocenters. The zero-order valence-electron chi connectivity index (χ0n) is 9.90. The van der Waals surface area contributed by atoms with E-state index in [4.69, 9.17) is 0 Å². The van der Waals surface area contributed by atoms with Gasteiger partial charge >= 0.3 is 0 Å². The SMILES string of the molecule is CCN(CC(=O)N(C)C)c1ccc(F)cc1. The highest BCUT2D eigenvalue weighted by Crippen LogP contribution is 2.14. The first-order valence-electron chi connectivity index (χ1n) is 5.25. The lowest BCUT2D eigenvalue weighted by Crippen LogP contribution is -2.36. The lowest BCUT2D eigenvalue weighted by atomic mass is 10.2. The smallest absolute Gasteiger partial charge is 0.241 e. The highest BCUT2D eigenvalue weighted by atomic mass is 19.1. The normalized spacial score (nSPS) is 10.0. The number of likely N-dealkylation sites (N-methyl/N-ethyl adjacent to an activating group) is 2. The van der Waals surface area contributed by atoms with Gasteiger partial charge in [0.1, 0.15) is 5.82 Å². The van der Waals surface area contributed by atoms with E-state index in [9.17, 15) is 9.18 Å². The quantitative estimate of drug-likeness (QED) is 0.777. The first-order valence-corrected chi connectivity index (χ1v) is 5.25. The van der Waals surface area contributed by atoms with Crippen LogP contribution in [0, 0.1) is 5.82 Å². The van der Waals surface area contributed by atoms with Crippen LogP contribution in [-0.4, -0.2) is 38.0 Å². The molecule has 4 heteroatoms. The Morgan fingerprint density at radius 3 is 2.25 bits per heavy atom. The molecule has 0 spiro atoms. The van der Waals surface area contributed by atoms with Crippen molar-refractivity contribution in [1.29, 1.82) is 0 Å². The summed E-state index contributed by atoms with van der Waals surface area (Å²) < 4.78 is 12.8. The molecule has 0 aliphatic carbocycles. The standard InChI is InChI=1S/C12H17FN2O/c1-4-15(9-12(16)14(2)3)11-7-5-10(13)6-8-11/h5-8H,4,9H2,1-3H3. The Bertz CT molecular complexity index is 349. The van der Waals surface area contributed by atoms with E-state index in [1.54, 1.807) is 31.1 Å². The first kappa shape index (κ1) is 12.5. The summed E-state index contributed by atoms with van der Waals surface area (Å²) >= 11 is 0. The van der Waals surface area contributed by atoms with Crippen molar-refractivity contribution in [1.82, 2.24) is 4.90 Å². The summed E-state index contributed by atoms with van der Waals surface area (Å²) in [5.74, 6) is -0.232. The average molecular weight is 224 g/mol. The Balaban J connectivity index is 2.74. The highest BCUT2D eigenvalue weighted by molar-refractivity contribution is 5.80. The Hall–Kier alpha value is -1.58. The van der Waals surface area contributed by atoms with Gasteiger partial charge in [-0.1, -0.05) is 0 Å². The molecule has 1 aromatic rings. The van der Waals surface area contributed by atoms with Gasteiger partial charge in [0, 0.05) is 26.3 Å². The van der Waals surface area contributed by atoms with E-state index >= 15 is 0 Å². The largest absolute Gasteiger partial charge is 0.362 e. The summed E-state index contributed by atoms with van der Waals surface area (Å²) in [6, 6.07) is 6.17. The number of benzene rings is 1. The van der Waals surface area contributed by atoms with Crippen LogP contribution in [0.2, 0.25) is 0 Å². The molecule has 3 nitrogen and oxygen atoms in total. The molecule has 88 valence electrons. The van der Waals surface area contributed by atoms with Crippen LogP contribution in [0.15, 0.2) is 24.3 Å². The fraction of sp³-hybridized carbons (Fsp3) is 0.417. The van der Waals surface area contributed by atoms with E-state index in [2.05, 4.69) is 0 Å². The number of carbonyl (C=O) groups excluding carboxylic acids is 1. The highest BCUT2D eigenvalue weighted by Gasteiger charge is 2.11. The molecule has 16 heavy (non-hydrogen) atoms. The van der Waals surface area contributed by atoms with Crippen LogP contribution in [0.1, 0.15) is 6.92 Å². The zero-order valence-corrected chi connectivity index (χ0v) is 9.90. The summed E-state index contributed by atoms with van der Waals surface area (Å²) in [5, 5.41) is 0. The summed E-state index contributed by atoms with van der Waals surface area (Å²) in [6.45, 7) is 2.99. The van der Waals surface area contributed by atoms with Crippen molar-refractivity contribution in [3.63, 3.8) is 0 Å². The second-order valence-electron chi connectivity index (χ2n) is 3.78. The molecule has 0 aliphatic rings. The third-order valence-corrected chi connectivity index (χ3v) is 2.40. The van der Waals surface area contributed by atoms with Gasteiger partial charge in [0.05, 0.1) is 6.54 Å². The van der Waals surface area contributed by atoms with Crippen molar-refractivity contribution >= 4 is 11.6 Å². The van der Waals surface area contributed by atoms with Gasteiger partial charge in [-0.15, -0.1) is 0 Å². The van der Waals surface area contributed by atoms with Crippen LogP contribution in [0.3, 0.4) is 0 Å². The van der Waals surface area contributed by atoms with Crippen molar-refractivity contribution in [2.75, 3.05) is 32.1 Å².